The number of aromatic nitrogens is 2. The van der Waals surface area contributed by atoms with Crippen LogP contribution in [0.2, 0.25) is 5.02 Å². The van der Waals surface area contributed by atoms with Crippen molar-refractivity contribution < 1.29 is 14.6 Å². The van der Waals surface area contributed by atoms with Crippen molar-refractivity contribution in [2.75, 3.05) is 6.54 Å². The number of H-pyrrole nitrogens is 1. The fourth-order valence-electron chi connectivity index (χ4n) is 3.63. The van der Waals surface area contributed by atoms with Crippen LogP contribution in [-0.4, -0.2) is 27.1 Å². The van der Waals surface area contributed by atoms with Gasteiger partial charge in [-0.15, -0.1) is 0 Å². The number of fused-ring (bicyclic) bond motifs is 1. The maximum absolute atomic E-state index is 12.5. The minimum Gasteiger partial charge on any atom is -0.483 e. The highest BCUT2D eigenvalue weighted by Crippen LogP contribution is 2.22. The molecule has 3 N–H and O–H groups in total. The van der Waals surface area contributed by atoms with Crippen molar-refractivity contribution in [1.29, 1.82) is 0 Å². The number of hydrogen-bond acceptors (Lipinski definition) is 4. The number of carbonyl (C=O) groups excluding carboxylic acids is 1. The van der Waals surface area contributed by atoms with Crippen LogP contribution in [0.25, 0.3) is 10.9 Å². The first kappa shape index (κ1) is 22.6. The molecule has 170 valence electrons. The van der Waals surface area contributed by atoms with Crippen molar-refractivity contribution in [2.45, 2.75) is 26.2 Å². The summed E-state index contributed by atoms with van der Waals surface area (Å²) in [5.41, 5.74) is 2.97. The number of pyridine rings is 1. The van der Waals surface area contributed by atoms with E-state index >= 15 is 0 Å². The fraction of sp³-hybridized carbons (Fsp3) is 0.200. The number of aliphatic hydroxyl groups is 1. The normalized spacial score (nSPS) is 11.0. The molecule has 4 aromatic rings. The number of aromatic amines is 1. The van der Waals surface area contributed by atoms with Crippen molar-refractivity contribution in [3.63, 3.8) is 0 Å². The molecule has 0 bridgehead atoms. The van der Waals surface area contributed by atoms with Gasteiger partial charge in [0, 0.05) is 40.4 Å². The van der Waals surface area contributed by atoms with E-state index in [0.717, 1.165) is 22.0 Å². The fourth-order valence-corrected chi connectivity index (χ4v) is 3.80. The number of aliphatic hydroxyl groups excluding tert-OH is 1. The zero-order chi connectivity index (χ0) is 23.2. The van der Waals surface area contributed by atoms with E-state index in [-0.39, 0.29) is 36.8 Å². The molecule has 2 aromatic heterocycles. The molecule has 1 amide bonds. The zero-order valence-electron chi connectivity index (χ0n) is 17.9. The van der Waals surface area contributed by atoms with Gasteiger partial charge in [0.25, 0.3) is 0 Å². The molecule has 0 unspecified atom stereocenters. The summed E-state index contributed by atoms with van der Waals surface area (Å²) in [6.07, 6.45) is 4.02. The molecule has 0 aliphatic carbocycles. The van der Waals surface area contributed by atoms with E-state index in [9.17, 15) is 14.7 Å². The van der Waals surface area contributed by atoms with E-state index in [0.29, 0.717) is 23.7 Å². The van der Waals surface area contributed by atoms with E-state index in [1.807, 2.05) is 54.7 Å². The van der Waals surface area contributed by atoms with Gasteiger partial charge in [-0.25, -0.2) is 0 Å². The molecule has 33 heavy (non-hydrogen) atoms. The number of ether oxygens (including phenoxy) is 1. The highest BCUT2D eigenvalue weighted by molar-refractivity contribution is 6.31. The van der Waals surface area contributed by atoms with Crippen LogP contribution in [0.5, 0.6) is 5.75 Å². The van der Waals surface area contributed by atoms with Crippen molar-refractivity contribution in [3.05, 3.63) is 99.1 Å². The summed E-state index contributed by atoms with van der Waals surface area (Å²) in [5.74, 6) is -0.111. The van der Waals surface area contributed by atoms with Crippen molar-refractivity contribution in [2.24, 2.45) is 0 Å². The van der Waals surface area contributed by atoms with Crippen LogP contribution >= 0.6 is 11.6 Å². The Morgan fingerprint density at radius 1 is 1.15 bits per heavy atom. The standard InChI is InChI=1S/C25H24ClN3O4/c26-19-6-7-22-21(10-19)18(12-28-22)8-9-27-25(32)14-29-13-24(23(31)11-20(29)15-30)33-16-17-4-2-1-3-5-17/h1-7,10-13,28,30H,8-9,14-16H2,(H,27,32). The van der Waals surface area contributed by atoms with Gasteiger partial charge >= 0.3 is 0 Å². The summed E-state index contributed by atoms with van der Waals surface area (Å²) in [6, 6.07) is 16.4. The molecule has 2 heterocycles. The number of hydrogen-bond donors (Lipinski definition) is 3. The molecule has 2 aromatic carbocycles. The average Bonchev–Trinajstić information content (AvgIpc) is 3.21. The molecule has 0 saturated carbocycles. The molecule has 0 aliphatic heterocycles. The zero-order valence-corrected chi connectivity index (χ0v) is 18.6. The van der Waals surface area contributed by atoms with Gasteiger partial charge in [-0.05, 0) is 35.7 Å². The van der Waals surface area contributed by atoms with Gasteiger partial charge in [-0.1, -0.05) is 41.9 Å². The molecule has 0 fully saturated rings. The summed E-state index contributed by atoms with van der Waals surface area (Å²) in [6.45, 7) is 0.259. The number of halogens is 1. The van der Waals surface area contributed by atoms with E-state index in [1.54, 1.807) is 0 Å². The van der Waals surface area contributed by atoms with Gasteiger partial charge in [-0.2, -0.15) is 0 Å². The molecule has 0 aliphatic rings. The van der Waals surface area contributed by atoms with E-state index < -0.39 is 0 Å². The third-order valence-corrected chi connectivity index (χ3v) is 5.58. The van der Waals surface area contributed by atoms with E-state index in [1.165, 1.54) is 16.8 Å². The first-order valence-corrected chi connectivity index (χ1v) is 10.9. The number of carbonyl (C=O) groups is 1. The lowest BCUT2D eigenvalue weighted by Crippen LogP contribution is -2.30. The van der Waals surface area contributed by atoms with Gasteiger partial charge < -0.3 is 24.7 Å². The first-order valence-electron chi connectivity index (χ1n) is 10.6. The monoisotopic (exact) mass is 465 g/mol. The van der Waals surface area contributed by atoms with Crippen LogP contribution in [0.3, 0.4) is 0 Å². The van der Waals surface area contributed by atoms with Crippen LogP contribution in [-0.2, 0) is 31.0 Å². The topological polar surface area (TPSA) is 96.3 Å². The molecule has 7 nitrogen and oxygen atoms in total. The Balaban J connectivity index is 1.38. The molecule has 0 spiro atoms. The SMILES string of the molecule is O=C(Cn1cc(OCc2ccccc2)c(=O)cc1CO)NCCc1c[nH]c2ccc(Cl)cc12. The number of nitrogens with one attached hydrogen (secondary N) is 2. The second-order valence-corrected chi connectivity index (χ2v) is 8.09. The van der Waals surface area contributed by atoms with Crippen LogP contribution in [0.1, 0.15) is 16.8 Å². The number of nitrogens with zero attached hydrogens (tertiary/aromatic N) is 1. The van der Waals surface area contributed by atoms with Gasteiger partial charge in [0.2, 0.25) is 11.3 Å². The summed E-state index contributed by atoms with van der Waals surface area (Å²) < 4.78 is 7.19. The van der Waals surface area contributed by atoms with Gasteiger partial charge in [0.15, 0.2) is 5.75 Å². The highest BCUT2D eigenvalue weighted by atomic mass is 35.5. The Hall–Kier alpha value is -3.55. The Bertz CT molecular complexity index is 1310. The summed E-state index contributed by atoms with van der Waals surface area (Å²) in [5, 5.41) is 14.2. The van der Waals surface area contributed by atoms with Gasteiger partial charge in [0.05, 0.1) is 12.8 Å². The minimum absolute atomic E-state index is 0.0441. The average molecular weight is 466 g/mol. The quantitative estimate of drug-likeness (QED) is 0.353. The molecule has 0 radical (unpaired) electrons. The first-order chi connectivity index (χ1) is 16.0. The Kier molecular flexibility index (Phi) is 7.12. The molecular formula is C25H24ClN3O4. The third-order valence-electron chi connectivity index (χ3n) is 5.34. The van der Waals surface area contributed by atoms with Crippen LogP contribution in [0.4, 0.5) is 0 Å². The third kappa shape index (κ3) is 5.63. The maximum Gasteiger partial charge on any atom is 0.239 e. The molecule has 0 atom stereocenters. The Morgan fingerprint density at radius 2 is 1.97 bits per heavy atom. The largest absolute Gasteiger partial charge is 0.483 e. The lowest BCUT2D eigenvalue weighted by atomic mass is 10.1. The van der Waals surface area contributed by atoms with Crippen LogP contribution in [0, 0.1) is 0 Å². The van der Waals surface area contributed by atoms with Crippen molar-refractivity contribution in [3.8, 4) is 5.75 Å². The van der Waals surface area contributed by atoms with Gasteiger partial charge in [-0.3, -0.25) is 9.59 Å². The molecule has 4 rings (SSSR count). The second kappa shape index (κ2) is 10.4. The second-order valence-electron chi connectivity index (χ2n) is 7.66. The number of benzene rings is 2. The van der Waals surface area contributed by atoms with Crippen LogP contribution < -0.4 is 15.5 Å². The lowest BCUT2D eigenvalue weighted by Gasteiger charge is -2.14. The number of amides is 1. The van der Waals surface area contributed by atoms with E-state index in [4.69, 9.17) is 16.3 Å². The number of rotatable bonds is 9. The van der Waals surface area contributed by atoms with Crippen molar-refractivity contribution in [1.82, 2.24) is 14.9 Å². The van der Waals surface area contributed by atoms with Gasteiger partial charge in [0.1, 0.15) is 13.2 Å². The highest BCUT2D eigenvalue weighted by Gasteiger charge is 2.11. The summed E-state index contributed by atoms with van der Waals surface area (Å²) >= 11 is 6.09. The Labute approximate surface area is 195 Å². The smallest absolute Gasteiger partial charge is 0.239 e. The maximum atomic E-state index is 12.5. The molecular weight excluding hydrogens is 442 g/mol. The predicted octanol–water partition coefficient (Wildman–Crippen LogP) is 3.41. The van der Waals surface area contributed by atoms with Crippen LogP contribution in [0.15, 0.2) is 71.8 Å². The molecule has 8 heteroatoms. The van der Waals surface area contributed by atoms with E-state index in [2.05, 4.69) is 10.3 Å². The summed E-state index contributed by atoms with van der Waals surface area (Å²) in [4.78, 5) is 28.1. The Morgan fingerprint density at radius 3 is 2.76 bits per heavy atom. The predicted molar refractivity (Wildman–Crippen MR) is 127 cm³/mol. The molecule has 0 saturated heterocycles. The minimum atomic E-state index is -0.364. The van der Waals surface area contributed by atoms with Crippen molar-refractivity contribution >= 4 is 28.4 Å². The summed E-state index contributed by atoms with van der Waals surface area (Å²) in [7, 11) is 0. The lowest BCUT2D eigenvalue weighted by molar-refractivity contribution is -0.121.